The molecule has 0 aliphatic carbocycles. The second kappa shape index (κ2) is 14.0. The Hall–Kier alpha value is -3.95. The summed E-state index contributed by atoms with van der Waals surface area (Å²) in [5, 5.41) is 10.8. The second-order valence-corrected chi connectivity index (χ2v) is 13.0. The van der Waals surface area contributed by atoms with Crippen molar-refractivity contribution in [2.24, 2.45) is 11.8 Å². The van der Waals surface area contributed by atoms with Crippen molar-refractivity contribution >= 4 is 29.1 Å². The number of likely N-dealkylation sites (tertiary alicyclic amines) is 1. The molecule has 3 amide bonds. The monoisotopic (exact) mass is 642 g/mol. The summed E-state index contributed by atoms with van der Waals surface area (Å²) in [6, 6.07) is 15.8. The molecule has 2 unspecified atom stereocenters. The fourth-order valence-electron chi connectivity index (χ4n) is 8.39. The molecule has 9 heteroatoms. The van der Waals surface area contributed by atoms with E-state index in [1.54, 1.807) is 33.9 Å². The number of ether oxygens (including phenoxy) is 1. The maximum absolute atomic E-state index is 15.1. The Morgan fingerprint density at radius 2 is 1.62 bits per heavy atom. The number of hydrogen-bond acceptors (Lipinski definition) is 6. The quantitative estimate of drug-likeness (QED) is 0.289. The summed E-state index contributed by atoms with van der Waals surface area (Å²) < 4.78 is 7.01. The predicted molar refractivity (Wildman–Crippen MR) is 185 cm³/mol. The molecule has 1 N–H and O–H groups in total. The van der Waals surface area contributed by atoms with Crippen LogP contribution in [-0.4, -0.2) is 95.7 Å². The van der Waals surface area contributed by atoms with Crippen LogP contribution in [0.2, 0.25) is 0 Å². The minimum atomic E-state index is -1.22. The lowest BCUT2D eigenvalue weighted by atomic mass is 9.64. The van der Waals surface area contributed by atoms with Crippen LogP contribution in [0.25, 0.3) is 0 Å². The molecule has 3 fully saturated rings. The Morgan fingerprint density at radius 1 is 0.979 bits per heavy atom. The lowest BCUT2D eigenvalue weighted by Crippen LogP contribution is -2.59. The largest absolute Gasteiger partial charge is 0.394 e. The van der Waals surface area contributed by atoms with E-state index in [9.17, 15) is 14.7 Å². The molecule has 2 aromatic rings. The molecule has 0 aromatic heterocycles. The molecule has 2 bridgehead atoms. The van der Waals surface area contributed by atoms with Gasteiger partial charge in [-0.2, -0.15) is 0 Å². The Balaban J connectivity index is 1.63. The summed E-state index contributed by atoms with van der Waals surface area (Å²) in [5.41, 5.74) is 0.586. The Bertz CT molecular complexity index is 1460. The zero-order chi connectivity index (χ0) is 33.9. The fourth-order valence-corrected chi connectivity index (χ4v) is 8.39. The van der Waals surface area contributed by atoms with Crippen LogP contribution in [0.15, 0.2) is 79.9 Å². The molecule has 0 saturated carbocycles. The number of amides is 3. The smallest absolute Gasteiger partial charge is 0.253 e. The number of aliphatic hydroxyl groups excluding tert-OH is 1. The minimum absolute atomic E-state index is 0.182. The van der Waals surface area contributed by atoms with Gasteiger partial charge in [0.1, 0.15) is 11.6 Å². The molecule has 3 heterocycles. The highest BCUT2D eigenvalue weighted by Crippen LogP contribution is 2.65. The highest BCUT2D eigenvalue weighted by molar-refractivity contribution is 6.05. The predicted octanol–water partition coefficient (Wildman–Crippen LogP) is 4.45. The Labute approximate surface area is 279 Å². The molecular formula is C38H50N4O5. The molecule has 2 aromatic carbocycles. The molecule has 1 spiro atoms. The van der Waals surface area contributed by atoms with E-state index in [-0.39, 0.29) is 30.9 Å². The first-order valence-corrected chi connectivity index (χ1v) is 17.0. The van der Waals surface area contributed by atoms with E-state index in [1.807, 2.05) is 61.5 Å². The van der Waals surface area contributed by atoms with Crippen molar-refractivity contribution in [2.45, 2.75) is 69.7 Å². The van der Waals surface area contributed by atoms with Crippen molar-refractivity contribution < 1.29 is 24.2 Å². The van der Waals surface area contributed by atoms with Gasteiger partial charge in [0.25, 0.3) is 5.91 Å². The van der Waals surface area contributed by atoms with Gasteiger partial charge in [0.05, 0.1) is 30.1 Å². The molecule has 3 saturated heterocycles. The van der Waals surface area contributed by atoms with Crippen LogP contribution >= 0.6 is 0 Å². The number of aliphatic hydroxyl groups is 1. The highest BCUT2D eigenvalue weighted by Gasteiger charge is 2.79. The van der Waals surface area contributed by atoms with Crippen molar-refractivity contribution in [1.29, 1.82) is 0 Å². The third-order valence-electron chi connectivity index (χ3n) is 10.7. The first-order valence-electron chi connectivity index (χ1n) is 17.0. The average molecular weight is 643 g/mol. The average Bonchev–Trinajstić information content (AvgIpc) is 3.70. The summed E-state index contributed by atoms with van der Waals surface area (Å²) in [5.74, 6) is -2.41. The number of hydrogen-bond donors (Lipinski definition) is 1. The topological polar surface area (TPSA) is 93.6 Å². The maximum Gasteiger partial charge on any atom is 0.253 e. The van der Waals surface area contributed by atoms with E-state index < -0.39 is 35.1 Å². The van der Waals surface area contributed by atoms with Gasteiger partial charge in [-0.25, -0.2) is 0 Å². The van der Waals surface area contributed by atoms with Crippen molar-refractivity contribution in [3.8, 4) is 0 Å². The first-order chi connectivity index (χ1) is 22.7. The minimum Gasteiger partial charge on any atom is -0.394 e. The molecule has 252 valence electrons. The second-order valence-electron chi connectivity index (χ2n) is 13.0. The van der Waals surface area contributed by atoms with E-state index in [1.165, 1.54) is 0 Å². The van der Waals surface area contributed by atoms with Crippen molar-refractivity contribution in [2.75, 3.05) is 49.6 Å². The molecule has 47 heavy (non-hydrogen) atoms. The van der Waals surface area contributed by atoms with Crippen LogP contribution in [-0.2, 0) is 25.5 Å². The normalized spacial score (nSPS) is 26.5. The van der Waals surface area contributed by atoms with Gasteiger partial charge in [-0.3, -0.25) is 14.4 Å². The van der Waals surface area contributed by atoms with Gasteiger partial charge >= 0.3 is 0 Å². The number of likely N-dealkylation sites (N-methyl/N-ethyl adjacent to an activating group) is 1. The number of rotatable bonds is 15. The van der Waals surface area contributed by atoms with Gasteiger partial charge in [-0.15, -0.1) is 13.2 Å². The summed E-state index contributed by atoms with van der Waals surface area (Å²) in [7, 11) is 1.71. The molecular weight excluding hydrogens is 592 g/mol. The fraction of sp³-hybridized carbons (Fsp3) is 0.500. The Morgan fingerprint density at radius 3 is 2.19 bits per heavy atom. The van der Waals surface area contributed by atoms with E-state index in [0.29, 0.717) is 37.9 Å². The summed E-state index contributed by atoms with van der Waals surface area (Å²) >= 11 is 0. The number of benzene rings is 2. The van der Waals surface area contributed by atoms with E-state index in [2.05, 4.69) is 31.9 Å². The van der Waals surface area contributed by atoms with Crippen LogP contribution in [0.4, 0.5) is 11.4 Å². The molecule has 6 atom stereocenters. The van der Waals surface area contributed by atoms with Gasteiger partial charge in [0.15, 0.2) is 0 Å². The standard InChI is InChI=1S/C38H50N4O5/c1-7-23-39(6)34(44)31-32-35(45)42(30(26-43)25-27-15-13-12-14-16-27)33(38(32)22-21-37(31,9-3)47-38)36(46)41(24-8-2)29-19-17-28(18-20-29)40(10-4)11-5/h7-8,12-20,30-33,43H,1-2,9-11,21-26H2,3-6H3/t30-,31-,32+,33?,37+,38?/m1/s1. The molecule has 3 aliphatic heterocycles. The summed E-state index contributed by atoms with van der Waals surface area (Å²) in [4.78, 5) is 51.2. The van der Waals surface area contributed by atoms with Crippen LogP contribution in [0.5, 0.6) is 0 Å². The summed E-state index contributed by atoms with van der Waals surface area (Å²) in [6.07, 6.45) is 5.25. The van der Waals surface area contributed by atoms with Gasteiger partial charge in [0, 0.05) is 44.6 Å². The van der Waals surface area contributed by atoms with E-state index in [4.69, 9.17) is 4.74 Å². The zero-order valence-corrected chi connectivity index (χ0v) is 28.3. The Kier molecular flexibility index (Phi) is 10.3. The van der Waals surface area contributed by atoms with E-state index >= 15 is 4.79 Å². The van der Waals surface area contributed by atoms with Crippen molar-refractivity contribution in [1.82, 2.24) is 9.80 Å². The van der Waals surface area contributed by atoms with Crippen LogP contribution < -0.4 is 9.80 Å². The van der Waals surface area contributed by atoms with Crippen molar-refractivity contribution in [3.05, 3.63) is 85.5 Å². The van der Waals surface area contributed by atoms with E-state index in [0.717, 1.165) is 24.3 Å². The van der Waals surface area contributed by atoms with Crippen LogP contribution in [0.1, 0.15) is 45.6 Å². The third kappa shape index (κ3) is 5.78. The SMILES string of the molecule is C=CCN(C)C(=O)[C@H]1[C@H]2C(=O)N([C@@H](CO)Cc3ccccc3)C(C(=O)N(CC=C)c3ccc(N(CC)CC)cc3)C23CC[C@]1(CC)O3. The zero-order valence-electron chi connectivity index (χ0n) is 28.3. The van der Waals surface area contributed by atoms with Gasteiger partial charge < -0.3 is 29.4 Å². The van der Waals surface area contributed by atoms with Crippen molar-refractivity contribution in [3.63, 3.8) is 0 Å². The number of carbonyl (C=O) groups is 3. The lowest BCUT2D eigenvalue weighted by molar-refractivity contribution is -0.153. The van der Waals surface area contributed by atoms with Gasteiger partial charge in [0.2, 0.25) is 11.8 Å². The van der Waals surface area contributed by atoms with Gasteiger partial charge in [-0.05, 0) is 69.4 Å². The molecule has 9 nitrogen and oxygen atoms in total. The van der Waals surface area contributed by atoms with Crippen LogP contribution in [0.3, 0.4) is 0 Å². The maximum atomic E-state index is 15.1. The highest BCUT2D eigenvalue weighted by atomic mass is 16.5. The molecule has 5 rings (SSSR count). The number of fused-ring (bicyclic) bond motifs is 1. The number of carbonyl (C=O) groups excluding carboxylic acids is 3. The third-order valence-corrected chi connectivity index (χ3v) is 10.7. The molecule has 3 aliphatic rings. The lowest BCUT2D eigenvalue weighted by Gasteiger charge is -2.39. The first kappa shape index (κ1) is 34.4. The summed E-state index contributed by atoms with van der Waals surface area (Å²) in [6.45, 7) is 15.9. The molecule has 0 radical (unpaired) electrons. The number of nitrogens with zero attached hydrogens (tertiary/aromatic N) is 4. The van der Waals surface area contributed by atoms with Crippen LogP contribution in [0, 0.1) is 11.8 Å². The number of anilines is 2. The van der Waals surface area contributed by atoms with Gasteiger partial charge in [-0.1, -0.05) is 49.4 Å².